The molecule has 3 aliphatic rings. The van der Waals surface area contributed by atoms with Gasteiger partial charge in [0.2, 0.25) is 10.0 Å². The van der Waals surface area contributed by atoms with Gasteiger partial charge in [-0.05, 0) is 80.1 Å². The molecule has 0 saturated carbocycles. The zero-order chi connectivity index (χ0) is 29.6. The second-order valence-corrected chi connectivity index (χ2v) is 12.3. The van der Waals surface area contributed by atoms with Crippen molar-refractivity contribution in [3.8, 4) is 0 Å². The molecule has 1 spiro atoms. The molecule has 3 heterocycles. The number of amides is 2. The molecule has 41 heavy (non-hydrogen) atoms. The van der Waals surface area contributed by atoms with Crippen molar-refractivity contribution in [2.45, 2.75) is 44.3 Å². The van der Waals surface area contributed by atoms with Gasteiger partial charge in [0.1, 0.15) is 17.2 Å². The number of halogens is 4. The Labute approximate surface area is 234 Å². The van der Waals surface area contributed by atoms with Crippen molar-refractivity contribution >= 4 is 33.7 Å². The third kappa shape index (κ3) is 5.78. The van der Waals surface area contributed by atoms with Gasteiger partial charge in [0.05, 0.1) is 5.56 Å². The van der Waals surface area contributed by atoms with Crippen molar-refractivity contribution in [1.29, 1.82) is 0 Å². The van der Waals surface area contributed by atoms with E-state index in [1.165, 1.54) is 10.4 Å². The number of likely N-dealkylation sites (tertiary alicyclic amines) is 1. The number of sulfonamides is 1. The smallest absolute Gasteiger partial charge is 0.339 e. The van der Waals surface area contributed by atoms with E-state index < -0.39 is 39.0 Å². The van der Waals surface area contributed by atoms with Crippen LogP contribution >= 0.6 is 0 Å². The number of benzene rings is 2. The molecule has 3 aliphatic heterocycles. The maximum Gasteiger partial charge on any atom is 0.419 e. The highest BCUT2D eigenvalue weighted by atomic mass is 32.2. The summed E-state index contributed by atoms with van der Waals surface area (Å²) in [4.78, 5) is 31.6. The monoisotopic (exact) mass is 592 g/mol. The molecule has 2 aromatic carbocycles. The van der Waals surface area contributed by atoms with E-state index in [-0.39, 0.29) is 43.2 Å². The first-order chi connectivity index (χ1) is 19.3. The highest BCUT2D eigenvalue weighted by Gasteiger charge is 2.47. The lowest BCUT2D eigenvalue weighted by molar-refractivity contribution is -0.140. The quantitative estimate of drug-likeness (QED) is 0.529. The van der Waals surface area contributed by atoms with Crippen LogP contribution in [0.4, 0.5) is 17.6 Å². The number of nitrogens with zero attached hydrogens (tertiary/aromatic N) is 3. The normalized spacial score (nSPS) is 19.7. The number of hydrogen-bond donors (Lipinski definition) is 1. The number of aryl methyl sites for hydroxylation is 1. The number of carbonyl (C=O) groups is 2. The Morgan fingerprint density at radius 3 is 2.37 bits per heavy atom. The molecule has 13 heteroatoms. The van der Waals surface area contributed by atoms with Gasteiger partial charge in [-0.15, -0.1) is 0 Å². The number of carbonyl (C=O) groups excluding carboxylic acids is 2. The Hall–Kier alpha value is -3.58. The van der Waals surface area contributed by atoms with Crippen LogP contribution in [0, 0.1) is 12.7 Å². The first kappa shape index (κ1) is 28.9. The van der Waals surface area contributed by atoms with Crippen LogP contribution < -0.4 is 5.32 Å². The minimum absolute atomic E-state index is 0.0229. The van der Waals surface area contributed by atoms with Crippen molar-refractivity contribution < 1.29 is 35.6 Å². The highest BCUT2D eigenvalue weighted by Crippen LogP contribution is 2.35. The van der Waals surface area contributed by atoms with Gasteiger partial charge in [0, 0.05) is 42.7 Å². The summed E-state index contributed by atoms with van der Waals surface area (Å²) < 4.78 is 80.5. The van der Waals surface area contributed by atoms with Crippen LogP contribution in [0.5, 0.6) is 0 Å². The summed E-state index contributed by atoms with van der Waals surface area (Å²) in [5.41, 5.74) is -0.948. The van der Waals surface area contributed by atoms with Crippen LogP contribution in [0.15, 0.2) is 46.8 Å². The molecule has 2 fully saturated rings. The van der Waals surface area contributed by atoms with Crippen LogP contribution in [0.1, 0.15) is 58.3 Å². The lowest BCUT2D eigenvalue weighted by atomic mass is 9.89. The molecule has 0 atom stereocenters. The third-order valence-corrected chi connectivity index (χ3v) is 9.33. The van der Waals surface area contributed by atoms with Gasteiger partial charge in [-0.1, -0.05) is 6.07 Å². The van der Waals surface area contributed by atoms with E-state index in [1.807, 2.05) is 0 Å². The topological polar surface area (TPSA) is 99.2 Å². The third-order valence-electron chi connectivity index (χ3n) is 7.76. The highest BCUT2D eigenvalue weighted by molar-refractivity contribution is 7.92. The molecule has 0 aliphatic carbocycles. The summed E-state index contributed by atoms with van der Waals surface area (Å²) in [5, 5.41) is 3.56. The van der Waals surface area contributed by atoms with Gasteiger partial charge in [-0.25, -0.2) is 12.8 Å². The van der Waals surface area contributed by atoms with Gasteiger partial charge in [0.15, 0.2) is 0 Å². The van der Waals surface area contributed by atoms with Crippen molar-refractivity contribution in [3.05, 3.63) is 75.4 Å². The summed E-state index contributed by atoms with van der Waals surface area (Å²) in [6.45, 7) is 3.19. The Morgan fingerprint density at radius 1 is 1.05 bits per heavy atom. The average Bonchev–Trinajstić information content (AvgIpc) is 3.56. The van der Waals surface area contributed by atoms with E-state index in [2.05, 4.69) is 10.3 Å². The number of rotatable bonds is 5. The summed E-state index contributed by atoms with van der Waals surface area (Å²) in [7, 11) is -3.86. The van der Waals surface area contributed by atoms with E-state index >= 15 is 0 Å². The van der Waals surface area contributed by atoms with Gasteiger partial charge in [0.25, 0.3) is 11.8 Å². The van der Waals surface area contributed by atoms with E-state index in [9.17, 15) is 35.6 Å². The predicted octanol–water partition coefficient (Wildman–Crippen LogP) is 4.10. The summed E-state index contributed by atoms with van der Waals surface area (Å²) in [6, 6.07) is 7.48. The lowest BCUT2D eigenvalue weighted by Gasteiger charge is -2.34. The molecule has 2 aromatic rings. The Kier molecular flexibility index (Phi) is 7.53. The molecule has 5 rings (SSSR count). The van der Waals surface area contributed by atoms with Gasteiger partial charge in [-0.3, -0.25) is 14.6 Å². The number of piperidine rings is 1. The zero-order valence-corrected chi connectivity index (χ0v) is 23.0. The van der Waals surface area contributed by atoms with Crippen LogP contribution in [0.25, 0.3) is 6.08 Å². The number of amidine groups is 1. The molecule has 8 nitrogen and oxygen atoms in total. The molecule has 0 radical (unpaired) electrons. The predicted molar refractivity (Wildman–Crippen MR) is 144 cm³/mol. The molecule has 0 unspecified atom stereocenters. The first-order valence-corrected chi connectivity index (χ1v) is 14.7. The van der Waals surface area contributed by atoms with E-state index in [4.69, 9.17) is 0 Å². The molecule has 1 N–H and O–H groups in total. The van der Waals surface area contributed by atoms with Crippen molar-refractivity contribution in [1.82, 2.24) is 14.5 Å². The Morgan fingerprint density at radius 2 is 1.73 bits per heavy atom. The maximum absolute atomic E-state index is 13.7. The average molecular weight is 593 g/mol. The van der Waals surface area contributed by atoms with E-state index in [1.54, 1.807) is 30.0 Å². The molecule has 0 bridgehead atoms. The fourth-order valence-electron chi connectivity index (χ4n) is 5.34. The zero-order valence-electron chi connectivity index (χ0n) is 22.2. The molecular weight excluding hydrogens is 564 g/mol. The van der Waals surface area contributed by atoms with Crippen molar-refractivity contribution in [2.24, 2.45) is 4.99 Å². The SMILES string of the molecule is Cc1cc(C(=O)N2CCCC2)ccc1/C=C/S(=O)(=O)N1CCC2(CC1)N=C(c1ccc(F)c(C(F)(F)F)c1)NC2=O. The fourth-order valence-corrected chi connectivity index (χ4v) is 6.52. The van der Waals surface area contributed by atoms with Gasteiger partial charge >= 0.3 is 6.18 Å². The molecular formula is C28H28F4N4O4S. The van der Waals surface area contributed by atoms with Crippen LogP contribution in [0.2, 0.25) is 0 Å². The van der Waals surface area contributed by atoms with Crippen molar-refractivity contribution in [2.75, 3.05) is 26.2 Å². The first-order valence-electron chi connectivity index (χ1n) is 13.2. The largest absolute Gasteiger partial charge is 0.419 e. The van der Waals surface area contributed by atoms with Gasteiger partial charge < -0.3 is 10.2 Å². The number of nitrogens with one attached hydrogen (secondary N) is 1. The van der Waals surface area contributed by atoms with Crippen molar-refractivity contribution in [3.63, 3.8) is 0 Å². The van der Waals surface area contributed by atoms with Crippen LogP contribution in [-0.4, -0.2) is 67.0 Å². The molecule has 218 valence electrons. The van der Waals surface area contributed by atoms with E-state index in [0.717, 1.165) is 43.0 Å². The number of aliphatic imine (C=N–C) groups is 1. The molecule has 0 aromatic heterocycles. The summed E-state index contributed by atoms with van der Waals surface area (Å²) in [6.07, 6.45) is -1.44. The fraction of sp³-hybridized carbons (Fsp3) is 0.393. The minimum Gasteiger partial charge on any atom is -0.339 e. The Balaban J connectivity index is 1.27. The lowest BCUT2D eigenvalue weighted by Crippen LogP contribution is -2.50. The second kappa shape index (κ2) is 10.7. The van der Waals surface area contributed by atoms with Crippen LogP contribution in [-0.2, 0) is 21.0 Å². The molecule has 2 amide bonds. The molecule has 2 saturated heterocycles. The minimum atomic E-state index is -4.92. The summed E-state index contributed by atoms with van der Waals surface area (Å²) >= 11 is 0. The standard InChI is InChI=1S/C28H28F4N4O4S/c1-18-16-21(25(37)35-11-2-3-12-35)5-4-19(18)8-15-41(39,40)36-13-9-27(10-14-36)26(38)33-24(34-27)20-6-7-23(29)22(17-20)28(30,31)32/h4-8,15-17H,2-3,9-14H2,1H3,(H,33,34,38)/b15-8+. The number of alkyl halides is 3. The van der Waals surface area contributed by atoms with Gasteiger partial charge in [-0.2, -0.15) is 17.5 Å². The number of hydrogen-bond acceptors (Lipinski definition) is 5. The maximum atomic E-state index is 13.7. The van der Waals surface area contributed by atoms with Crippen LogP contribution in [0.3, 0.4) is 0 Å². The summed E-state index contributed by atoms with van der Waals surface area (Å²) in [5.74, 6) is -2.14. The Bertz CT molecular complexity index is 1560. The second-order valence-electron chi connectivity index (χ2n) is 10.5. The van der Waals surface area contributed by atoms with E-state index in [0.29, 0.717) is 23.3 Å².